The maximum Gasteiger partial charge on any atom is 0.264 e. The molecule has 2 aromatic heterocycles. The molecule has 4 aromatic rings. The van der Waals surface area contributed by atoms with Gasteiger partial charge in [-0.3, -0.25) is 4.79 Å². The summed E-state index contributed by atoms with van der Waals surface area (Å²) in [6, 6.07) is 12.6. The molecular formula is C22H16F2N2O2S. The molecule has 0 radical (unpaired) electrons. The number of amides is 1. The lowest BCUT2D eigenvalue weighted by Crippen LogP contribution is -2.30. The molecule has 0 N–H and O–H groups in total. The number of oxazole rings is 1. The summed E-state index contributed by atoms with van der Waals surface area (Å²) in [6.45, 7) is 0.667. The van der Waals surface area contributed by atoms with Gasteiger partial charge in [-0.25, -0.2) is 13.8 Å². The Kier molecular flexibility index (Phi) is 4.39. The lowest BCUT2D eigenvalue weighted by molar-refractivity contribution is 0.0722. The molecule has 1 fully saturated rings. The molecule has 1 atom stereocenters. The van der Waals surface area contributed by atoms with Crippen molar-refractivity contribution >= 4 is 28.3 Å². The average Bonchev–Trinajstić information content (AvgIpc) is 3.48. The van der Waals surface area contributed by atoms with Crippen LogP contribution in [0.2, 0.25) is 0 Å². The first-order valence-electron chi connectivity index (χ1n) is 9.30. The Morgan fingerprint density at radius 3 is 2.72 bits per heavy atom. The van der Waals surface area contributed by atoms with Crippen LogP contribution in [0.4, 0.5) is 8.78 Å². The number of carbonyl (C=O) groups is 1. The Hall–Kier alpha value is -3.06. The molecule has 0 bridgehead atoms. The normalized spacial score (nSPS) is 16.6. The van der Waals surface area contributed by atoms with Crippen molar-refractivity contribution in [3.63, 3.8) is 0 Å². The minimum Gasteiger partial charge on any atom is -0.438 e. The molecule has 4 nitrogen and oxygen atoms in total. The van der Waals surface area contributed by atoms with Crippen molar-refractivity contribution < 1.29 is 18.0 Å². The summed E-state index contributed by atoms with van der Waals surface area (Å²) in [5.41, 5.74) is 2.50. The first kappa shape index (κ1) is 18.0. The van der Waals surface area contributed by atoms with E-state index in [4.69, 9.17) is 4.42 Å². The first-order chi connectivity index (χ1) is 14.1. The van der Waals surface area contributed by atoms with Gasteiger partial charge in [-0.15, -0.1) is 11.3 Å². The fourth-order valence-corrected chi connectivity index (χ4v) is 4.43. The molecule has 1 amide bonds. The Labute approximate surface area is 169 Å². The van der Waals surface area contributed by atoms with E-state index in [1.807, 2.05) is 22.4 Å². The van der Waals surface area contributed by atoms with Crippen LogP contribution >= 0.6 is 11.3 Å². The number of rotatable bonds is 3. The molecule has 5 rings (SSSR count). The minimum absolute atomic E-state index is 0.00719. The topological polar surface area (TPSA) is 46.3 Å². The summed E-state index contributed by atoms with van der Waals surface area (Å²) >= 11 is 1.42. The molecule has 3 heterocycles. The molecule has 1 aliphatic heterocycles. The number of aromatic nitrogens is 1. The maximum absolute atomic E-state index is 13.6. The Bertz CT molecular complexity index is 1200. The predicted octanol–water partition coefficient (Wildman–Crippen LogP) is 5.81. The van der Waals surface area contributed by atoms with Gasteiger partial charge in [-0.05, 0) is 59.7 Å². The van der Waals surface area contributed by atoms with E-state index in [-0.39, 0.29) is 11.9 Å². The van der Waals surface area contributed by atoms with Crippen molar-refractivity contribution in [2.75, 3.05) is 6.54 Å². The Morgan fingerprint density at radius 1 is 1.10 bits per heavy atom. The van der Waals surface area contributed by atoms with Crippen molar-refractivity contribution in [2.24, 2.45) is 0 Å². The highest BCUT2D eigenvalue weighted by atomic mass is 32.1. The van der Waals surface area contributed by atoms with E-state index in [0.29, 0.717) is 39.5 Å². The molecule has 0 aliphatic carbocycles. The molecule has 2 aromatic carbocycles. The highest BCUT2D eigenvalue weighted by Gasteiger charge is 2.34. The highest BCUT2D eigenvalue weighted by molar-refractivity contribution is 7.12. The standard InChI is InChI=1S/C22H16F2N2O2S/c23-15-7-5-13(11-16(15)24)14-6-8-19-17(12-14)25-21(28-19)18-3-1-9-26(18)22(27)20-4-2-10-29-20/h2,4-8,10-12,18H,1,3,9H2. The molecule has 7 heteroatoms. The van der Waals surface area contributed by atoms with Crippen molar-refractivity contribution in [3.05, 3.63) is 76.3 Å². The van der Waals surface area contributed by atoms with Gasteiger partial charge in [0.15, 0.2) is 17.2 Å². The fraction of sp³-hybridized carbons (Fsp3) is 0.182. The monoisotopic (exact) mass is 410 g/mol. The second-order valence-corrected chi connectivity index (χ2v) is 7.95. The average molecular weight is 410 g/mol. The third-order valence-electron chi connectivity index (χ3n) is 5.19. The number of carbonyl (C=O) groups excluding carboxylic acids is 1. The summed E-state index contributed by atoms with van der Waals surface area (Å²) < 4.78 is 32.7. The third-order valence-corrected chi connectivity index (χ3v) is 6.05. The van der Waals surface area contributed by atoms with Gasteiger partial charge >= 0.3 is 0 Å². The summed E-state index contributed by atoms with van der Waals surface area (Å²) in [6.07, 6.45) is 1.68. The van der Waals surface area contributed by atoms with Crippen LogP contribution in [0, 0.1) is 11.6 Å². The van der Waals surface area contributed by atoms with Crippen LogP contribution in [-0.2, 0) is 0 Å². The number of likely N-dealkylation sites (tertiary alicyclic amines) is 1. The van der Waals surface area contributed by atoms with E-state index in [1.54, 1.807) is 18.2 Å². The number of fused-ring (bicyclic) bond motifs is 1. The van der Waals surface area contributed by atoms with Crippen LogP contribution in [-0.4, -0.2) is 22.3 Å². The lowest BCUT2D eigenvalue weighted by Gasteiger charge is -2.21. The minimum atomic E-state index is -0.892. The van der Waals surface area contributed by atoms with Crippen molar-refractivity contribution in [1.29, 1.82) is 0 Å². The van der Waals surface area contributed by atoms with E-state index in [1.165, 1.54) is 17.4 Å². The molecule has 1 aliphatic rings. The number of hydrogen-bond donors (Lipinski definition) is 0. The van der Waals surface area contributed by atoms with Crippen molar-refractivity contribution in [3.8, 4) is 11.1 Å². The smallest absolute Gasteiger partial charge is 0.264 e. The zero-order chi connectivity index (χ0) is 20.0. The van der Waals surface area contributed by atoms with Gasteiger partial charge in [-0.2, -0.15) is 0 Å². The van der Waals surface area contributed by atoms with Gasteiger partial charge in [0.25, 0.3) is 5.91 Å². The molecule has 1 saturated heterocycles. The number of nitrogens with zero attached hydrogens (tertiary/aromatic N) is 2. The van der Waals surface area contributed by atoms with Crippen LogP contribution < -0.4 is 0 Å². The summed E-state index contributed by atoms with van der Waals surface area (Å²) in [4.78, 5) is 19.9. The van der Waals surface area contributed by atoms with Crippen LogP contribution in [0.15, 0.2) is 58.3 Å². The van der Waals surface area contributed by atoms with Crippen LogP contribution in [0.3, 0.4) is 0 Å². The van der Waals surface area contributed by atoms with Gasteiger partial charge in [0.1, 0.15) is 11.6 Å². The lowest BCUT2D eigenvalue weighted by atomic mass is 10.1. The van der Waals surface area contributed by atoms with Crippen LogP contribution in [0.1, 0.15) is 34.4 Å². The highest BCUT2D eigenvalue weighted by Crippen LogP contribution is 2.35. The molecule has 29 heavy (non-hydrogen) atoms. The summed E-state index contributed by atoms with van der Waals surface area (Å²) in [5.74, 6) is -1.27. The van der Waals surface area contributed by atoms with Gasteiger partial charge in [0, 0.05) is 6.54 Å². The SMILES string of the molecule is O=C(c1cccs1)N1CCCC1c1nc2cc(-c3ccc(F)c(F)c3)ccc2o1. The first-order valence-corrected chi connectivity index (χ1v) is 10.2. The summed E-state index contributed by atoms with van der Waals surface area (Å²) in [5, 5.41) is 1.89. The van der Waals surface area contributed by atoms with E-state index in [0.717, 1.165) is 25.0 Å². The molecule has 0 spiro atoms. The summed E-state index contributed by atoms with van der Waals surface area (Å²) in [7, 11) is 0. The van der Waals surface area contributed by atoms with Gasteiger partial charge in [-0.1, -0.05) is 18.2 Å². The van der Waals surface area contributed by atoms with E-state index < -0.39 is 11.6 Å². The molecule has 0 saturated carbocycles. The van der Waals surface area contributed by atoms with Crippen LogP contribution in [0.5, 0.6) is 0 Å². The third kappa shape index (κ3) is 3.21. The zero-order valence-corrected chi connectivity index (χ0v) is 16.1. The molecule has 146 valence electrons. The van der Waals surface area contributed by atoms with Crippen molar-refractivity contribution in [1.82, 2.24) is 9.88 Å². The maximum atomic E-state index is 13.6. The van der Waals surface area contributed by atoms with Gasteiger partial charge in [0.05, 0.1) is 4.88 Å². The van der Waals surface area contributed by atoms with Crippen molar-refractivity contribution in [2.45, 2.75) is 18.9 Å². The zero-order valence-electron chi connectivity index (χ0n) is 15.3. The number of halogens is 2. The van der Waals surface area contributed by atoms with E-state index in [9.17, 15) is 13.6 Å². The number of thiophene rings is 1. The number of hydrogen-bond acceptors (Lipinski definition) is 4. The fourth-order valence-electron chi connectivity index (χ4n) is 3.75. The second-order valence-electron chi connectivity index (χ2n) is 7.00. The number of benzene rings is 2. The largest absolute Gasteiger partial charge is 0.438 e. The van der Waals surface area contributed by atoms with Gasteiger partial charge in [0.2, 0.25) is 5.89 Å². The van der Waals surface area contributed by atoms with Crippen LogP contribution in [0.25, 0.3) is 22.2 Å². The van der Waals surface area contributed by atoms with Gasteiger partial charge < -0.3 is 9.32 Å². The van der Waals surface area contributed by atoms with E-state index >= 15 is 0 Å². The second kappa shape index (κ2) is 7.08. The van der Waals surface area contributed by atoms with E-state index in [2.05, 4.69) is 4.98 Å². The Balaban J connectivity index is 1.48. The molecular weight excluding hydrogens is 394 g/mol. The Morgan fingerprint density at radius 2 is 1.93 bits per heavy atom. The predicted molar refractivity (Wildman–Crippen MR) is 107 cm³/mol. The quantitative estimate of drug-likeness (QED) is 0.428. The molecule has 1 unspecified atom stereocenters.